The van der Waals surface area contributed by atoms with E-state index in [1.807, 2.05) is 24.3 Å². The standard InChI is InChI=1S/C15H10N6/c1-3-10(7-16-5-1)12-13-15(19-9-18-13)21-14(20-12)11-4-2-6-17-8-11/h1-9H,(H,18,19,20,21). The Morgan fingerprint density at radius 3 is 2.33 bits per heavy atom. The number of H-pyrrole nitrogens is 1. The van der Waals surface area contributed by atoms with Crippen LogP contribution in [0.4, 0.5) is 0 Å². The Hall–Kier alpha value is -3.15. The van der Waals surface area contributed by atoms with Crippen LogP contribution in [0.25, 0.3) is 33.8 Å². The van der Waals surface area contributed by atoms with Crippen LogP contribution >= 0.6 is 0 Å². The van der Waals surface area contributed by atoms with Crippen molar-refractivity contribution in [3.05, 3.63) is 55.4 Å². The van der Waals surface area contributed by atoms with Gasteiger partial charge in [-0.15, -0.1) is 0 Å². The van der Waals surface area contributed by atoms with Crippen LogP contribution in [-0.4, -0.2) is 29.9 Å². The van der Waals surface area contributed by atoms with Gasteiger partial charge in [0.1, 0.15) is 11.2 Å². The van der Waals surface area contributed by atoms with Crippen molar-refractivity contribution in [2.45, 2.75) is 0 Å². The Bertz CT molecular complexity index is 886. The van der Waals surface area contributed by atoms with Crippen molar-refractivity contribution in [2.75, 3.05) is 0 Å². The van der Waals surface area contributed by atoms with E-state index < -0.39 is 0 Å². The van der Waals surface area contributed by atoms with Gasteiger partial charge in [-0.05, 0) is 24.3 Å². The third-order valence-electron chi connectivity index (χ3n) is 3.14. The van der Waals surface area contributed by atoms with Crippen LogP contribution in [-0.2, 0) is 0 Å². The number of nitrogens with zero attached hydrogens (tertiary/aromatic N) is 5. The summed E-state index contributed by atoms with van der Waals surface area (Å²) in [4.78, 5) is 24.7. The predicted octanol–water partition coefficient (Wildman–Crippen LogP) is 2.48. The average Bonchev–Trinajstić information content (AvgIpc) is 3.04. The molecule has 0 bridgehead atoms. The van der Waals surface area contributed by atoms with Gasteiger partial charge in [-0.25, -0.2) is 15.0 Å². The molecule has 0 saturated carbocycles. The first-order chi connectivity index (χ1) is 10.4. The second-order valence-corrected chi connectivity index (χ2v) is 4.48. The number of imidazole rings is 1. The smallest absolute Gasteiger partial charge is 0.181 e. The van der Waals surface area contributed by atoms with E-state index in [4.69, 9.17) is 0 Å². The quantitative estimate of drug-likeness (QED) is 0.607. The molecule has 0 aliphatic heterocycles. The summed E-state index contributed by atoms with van der Waals surface area (Å²) in [7, 11) is 0. The van der Waals surface area contributed by atoms with Gasteiger partial charge in [0.05, 0.1) is 6.33 Å². The molecule has 0 atom stereocenters. The van der Waals surface area contributed by atoms with Crippen molar-refractivity contribution in [1.82, 2.24) is 29.9 Å². The fourth-order valence-corrected chi connectivity index (χ4v) is 2.17. The number of nitrogens with one attached hydrogen (secondary N) is 1. The van der Waals surface area contributed by atoms with Gasteiger partial charge in [0, 0.05) is 35.9 Å². The predicted molar refractivity (Wildman–Crippen MR) is 78.1 cm³/mol. The van der Waals surface area contributed by atoms with Gasteiger partial charge >= 0.3 is 0 Å². The highest BCUT2D eigenvalue weighted by Crippen LogP contribution is 2.26. The van der Waals surface area contributed by atoms with Crippen molar-refractivity contribution in [2.24, 2.45) is 0 Å². The Morgan fingerprint density at radius 2 is 1.62 bits per heavy atom. The van der Waals surface area contributed by atoms with Gasteiger partial charge in [0.15, 0.2) is 11.5 Å². The fourth-order valence-electron chi connectivity index (χ4n) is 2.17. The van der Waals surface area contributed by atoms with Gasteiger partial charge in [-0.3, -0.25) is 9.97 Å². The summed E-state index contributed by atoms with van der Waals surface area (Å²) in [5.41, 5.74) is 3.98. The first kappa shape index (κ1) is 11.7. The van der Waals surface area contributed by atoms with E-state index in [2.05, 4.69) is 29.9 Å². The van der Waals surface area contributed by atoms with Crippen LogP contribution in [0.5, 0.6) is 0 Å². The molecule has 0 aliphatic carbocycles. The van der Waals surface area contributed by atoms with Crippen LogP contribution in [0.15, 0.2) is 55.4 Å². The van der Waals surface area contributed by atoms with E-state index in [9.17, 15) is 0 Å². The molecule has 0 aliphatic rings. The normalized spacial score (nSPS) is 10.9. The lowest BCUT2D eigenvalue weighted by Crippen LogP contribution is -1.95. The maximum Gasteiger partial charge on any atom is 0.181 e. The second-order valence-electron chi connectivity index (χ2n) is 4.48. The Labute approximate surface area is 120 Å². The summed E-state index contributed by atoms with van der Waals surface area (Å²) in [5, 5.41) is 0. The average molecular weight is 274 g/mol. The Morgan fingerprint density at radius 1 is 0.857 bits per heavy atom. The molecular formula is C15H10N6. The minimum atomic E-state index is 0.599. The van der Waals surface area contributed by atoms with Crippen molar-refractivity contribution in [3.63, 3.8) is 0 Å². The van der Waals surface area contributed by atoms with Crippen LogP contribution in [0, 0.1) is 0 Å². The van der Waals surface area contributed by atoms with Crippen molar-refractivity contribution in [1.29, 1.82) is 0 Å². The third kappa shape index (κ3) is 2.02. The maximum absolute atomic E-state index is 4.65. The lowest BCUT2D eigenvalue weighted by Gasteiger charge is -2.05. The molecule has 4 aromatic heterocycles. The summed E-state index contributed by atoms with van der Waals surface area (Å²) in [6, 6.07) is 7.62. The lowest BCUT2D eigenvalue weighted by atomic mass is 10.1. The van der Waals surface area contributed by atoms with Crippen LogP contribution in [0.2, 0.25) is 0 Å². The SMILES string of the molecule is c1cncc(-c2nc(-c3cccnc3)c3[nH]cnc3n2)c1. The van der Waals surface area contributed by atoms with E-state index in [0.29, 0.717) is 11.5 Å². The van der Waals surface area contributed by atoms with Gasteiger partial charge in [0.2, 0.25) is 0 Å². The monoisotopic (exact) mass is 274 g/mol. The van der Waals surface area contributed by atoms with Gasteiger partial charge in [-0.2, -0.15) is 0 Å². The van der Waals surface area contributed by atoms with E-state index in [-0.39, 0.29) is 0 Å². The molecule has 4 rings (SSSR count). The highest BCUT2D eigenvalue weighted by Gasteiger charge is 2.13. The largest absolute Gasteiger partial charge is 0.341 e. The summed E-state index contributed by atoms with van der Waals surface area (Å²) < 4.78 is 0. The molecule has 0 unspecified atom stereocenters. The van der Waals surface area contributed by atoms with E-state index in [1.54, 1.807) is 31.1 Å². The summed E-state index contributed by atoms with van der Waals surface area (Å²) >= 11 is 0. The third-order valence-corrected chi connectivity index (χ3v) is 3.14. The van der Waals surface area contributed by atoms with Crippen LogP contribution in [0.3, 0.4) is 0 Å². The molecule has 4 heterocycles. The van der Waals surface area contributed by atoms with E-state index in [1.165, 1.54) is 0 Å². The zero-order chi connectivity index (χ0) is 14.1. The molecule has 0 spiro atoms. The number of hydrogen-bond acceptors (Lipinski definition) is 5. The van der Waals surface area contributed by atoms with Crippen molar-refractivity contribution < 1.29 is 0 Å². The highest BCUT2D eigenvalue weighted by atomic mass is 15.0. The lowest BCUT2D eigenvalue weighted by molar-refractivity contribution is 1.19. The Balaban J connectivity index is 2.00. The zero-order valence-electron chi connectivity index (χ0n) is 10.9. The molecular weight excluding hydrogens is 264 g/mol. The summed E-state index contributed by atoms with van der Waals surface area (Å²) in [6.07, 6.45) is 8.58. The molecule has 0 fully saturated rings. The van der Waals surface area contributed by atoms with E-state index in [0.717, 1.165) is 22.3 Å². The van der Waals surface area contributed by atoms with Crippen molar-refractivity contribution >= 4 is 11.2 Å². The molecule has 0 amide bonds. The number of rotatable bonds is 2. The van der Waals surface area contributed by atoms with Crippen molar-refractivity contribution in [3.8, 4) is 22.6 Å². The minimum absolute atomic E-state index is 0.599. The van der Waals surface area contributed by atoms with Crippen LogP contribution < -0.4 is 0 Å². The molecule has 0 saturated heterocycles. The number of hydrogen-bond donors (Lipinski definition) is 1. The molecule has 1 N–H and O–H groups in total. The molecule has 100 valence electrons. The van der Waals surface area contributed by atoms with Gasteiger partial charge in [-0.1, -0.05) is 0 Å². The molecule has 6 nitrogen and oxygen atoms in total. The number of aromatic nitrogens is 6. The van der Waals surface area contributed by atoms with Gasteiger partial charge < -0.3 is 4.98 Å². The molecule has 0 radical (unpaired) electrons. The molecule has 6 heteroatoms. The van der Waals surface area contributed by atoms with Gasteiger partial charge in [0.25, 0.3) is 0 Å². The molecule has 21 heavy (non-hydrogen) atoms. The second kappa shape index (κ2) is 4.75. The number of fused-ring (bicyclic) bond motifs is 1. The fraction of sp³-hybridized carbons (Fsp3) is 0. The minimum Gasteiger partial charge on any atom is -0.341 e. The number of pyridine rings is 2. The molecule has 0 aromatic carbocycles. The highest BCUT2D eigenvalue weighted by molar-refractivity contribution is 5.88. The first-order valence-corrected chi connectivity index (χ1v) is 6.44. The maximum atomic E-state index is 4.65. The Kier molecular flexibility index (Phi) is 2.64. The molecule has 4 aromatic rings. The summed E-state index contributed by atoms with van der Waals surface area (Å²) in [6.45, 7) is 0. The summed E-state index contributed by atoms with van der Waals surface area (Å²) in [5.74, 6) is 0.599. The topological polar surface area (TPSA) is 80.2 Å². The zero-order valence-corrected chi connectivity index (χ0v) is 10.9. The first-order valence-electron chi connectivity index (χ1n) is 6.44. The van der Waals surface area contributed by atoms with Crippen LogP contribution in [0.1, 0.15) is 0 Å². The number of aromatic amines is 1. The van der Waals surface area contributed by atoms with E-state index >= 15 is 0 Å².